The minimum atomic E-state index is -0.381. The van der Waals surface area contributed by atoms with E-state index in [-0.39, 0.29) is 24.0 Å². The molecule has 1 unspecified atom stereocenters. The first-order chi connectivity index (χ1) is 8.47. The summed E-state index contributed by atoms with van der Waals surface area (Å²) in [6.07, 6.45) is 0. The van der Waals surface area contributed by atoms with Gasteiger partial charge in [-0.15, -0.1) is 0 Å². The maximum Gasteiger partial charge on any atom is 0.244 e. The second-order valence-electron chi connectivity index (χ2n) is 5.10. The summed E-state index contributed by atoms with van der Waals surface area (Å²) >= 11 is 6.24. The first kappa shape index (κ1) is 13.2. The SMILES string of the molecule is CC1(C)CNC(=O)C(CN)N1c1ccccc1Cl. The molecule has 1 aliphatic rings. The molecule has 18 heavy (non-hydrogen) atoms. The minimum absolute atomic E-state index is 0.0447. The third kappa shape index (κ3) is 2.18. The number of nitrogens with one attached hydrogen (secondary N) is 1. The molecule has 0 saturated carbocycles. The molecule has 98 valence electrons. The Morgan fingerprint density at radius 2 is 2.17 bits per heavy atom. The Labute approximate surface area is 112 Å². The first-order valence-electron chi connectivity index (χ1n) is 5.99. The van der Waals surface area contributed by atoms with Crippen molar-refractivity contribution in [2.75, 3.05) is 18.0 Å². The van der Waals surface area contributed by atoms with Gasteiger partial charge in [-0.05, 0) is 26.0 Å². The molecule has 0 bridgehead atoms. The predicted octanol–water partition coefficient (Wildman–Crippen LogP) is 1.38. The Bertz CT molecular complexity index is 461. The average molecular weight is 268 g/mol. The Morgan fingerprint density at radius 1 is 1.50 bits per heavy atom. The quantitative estimate of drug-likeness (QED) is 0.851. The van der Waals surface area contributed by atoms with Crippen LogP contribution in [0, 0.1) is 0 Å². The van der Waals surface area contributed by atoms with Crippen LogP contribution in [0.15, 0.2) is 24.3 Å². The number of hydrogen-bond donors (Lipinski definition) is 2. The fourth-order valence-corrected chi connectivity index (χ4v) is 2.63. The molecule has 0 aliphatic carbocycles. The van der Waals surface area contributed by atoms with Crippen molar-refractivity contribution in [3.8, 4) is 0 Å². The fraction of sp³-hybridized carbons (Fsp3) is 0.462. The lowest BCUT2D eigenvalue weighted by atomic mass is 9.94. The number of rotatable bonds is 2. The van der Waals surface area contributed by atoms with E-state index in [9.17, 15) is 4.79 Å². The molecule has 5 heteroatoms. The summed E-state index contributed by atoms with van der Waals surface area (Å²) in [5.74, 6) is -0.0447. The summed E-state index contributed by atoms with van der Waals surface area (Å²) in [6.45, 7) is 4.98. The van der Waals surface area contributed by atoms with Gasteiger partial charge in [-0.2, -0.15) is 0 Å². The molecular formula is C13H18ClN3O. The third-order valence-corrected chi connectivity index (χ3v) is 3.62. The number of halogens is 1. The Morgan fingerprint density at radius 3 is 2.78 bits per heavy atom. The number of amides is 1. The molecule has 1 saturated heterocycles. The number of piperazine rings is 1. The molecule has 1 aromatic carbocycles. The van der Waals surface area contributed by atoms with Crippen LogP contribution >= 0.6 is 11.6 Å². The standard InChI is InChI=1S/C13H18ClN3O/c1-13(2)8-16-12(18)11(7-15)17(13)10-6-4-3-5-9(10)14/h3-6,11H,7-8,15H2,1-2H3,(H,16,18). The van der Waals surface area contributed by atoms with Crippen LogP contribution in [-0.4, -0.2) is 30.6 Å². The van der Waals surface area contributed by atoms with Crippen LogP contribution in [0.25, 0.3) is 0 Å². The van der Waals surface area contributed by atoms with E-state index >= 15 is 0 Å². The molecule has 2 rings (SSSR count). The topological polar surface area (TPSA) is 58.4 Å². The molecule has 0 aromatic heterocycles. The summed E-state index contributed by atoms with van der Waals surface area (Å²) < 4.78 is 0. The summed E-state index contributed by atoms with van der Waals surface area (Å²) in [6, 6.07) is 7.16. The smallest absolute Gasteiger partial charge is 0.244 e. The van der Waals surface area contributed by atoms with E-state index in [2.05, 4.69) is 19.2 Å². The zero-order valence-corrected chi connectivity index (χ0v) is 11.4. The molecule has 1 atom stereocenters. The number of para-hydroxylation sites is 1. The van der Waals surface area contributed by atoms with E-state index in [1.54, 1.807) is 0 Å². The lowest BCUT2D eigenvalue weighted by Crippen LogP contribution is -2.67. The minimum Gasteiger partial charge on any atom is -0.352 e. The maximum atomic E-state index is 11.9. The van der Waals surface area contributed by atoms with Crippen LogP contribution in [-0.2, 0) is 4.79 Å². The number of nitrogens with zero attached hydrogens (tertiary/aromatic N) is 1. The molecule has 1 fully saturated rings. The van der Waals surface area contributed by atoms with Crippen LogP contribution < -0.4 is 16.0 Å². The number of carbonyl (C=O) groups is 1. The summed E-state index contributed by atoms with van der Waals surface area (Å²) in [5, 5.41) is 3.53. The Balaban J connectivity index is 2.48. The van der Waals surface area contributed by atoms with Gasteiger partial charge in [0, 0.05) is 13.1 Å². The highest BCUT2D eigenvalue weighted by Gasteiger charge is 2.41. The summed E-state index contributed by atoms with van der Waals surface area (Å²) in [7, 11) is 0. The van der Waals surface area contributed by atoms with Crippen molar-refractivity contribution in [3.05, 3.63) is 29.3 Å². The van der Waals surface area contributed by atoms with Crippen molar-refractivity contribution < 1.29 is 4.79 Å². The second-order valence-corrected chi connectivity index (χ2v) is 5.51. The van der Waals surface area contributed by atoms with Crippen molar-refractivity contribution in [2.24, 2.45) is 5.73 Å². The number of hydrogen-bond acceptors (Lipinski definition) is 3. The lowest BCUT2D eigenvalue weighted by molar-refractivity contribution is -0.124. The zero-order chi connectivity index (χ0) is 13.3. The molecule has 4 nitrogen and oxygen atoms in total. The van der Waals surface area contributed by atoms with Crippen LogP contribution in [0.1, 0.15) is 13.8 Å². The first-order valence-corrected chi connectivity index (χ1v) is 6.37. The van der Waals surface area contributed by atoms with E-state index in [1.807, 2.05) is 29.2 Å². The van der Waals surface area contributed by atoms with Crippen molar-refractivity contribution >= 4 is 23.2 Å². The van der Waals surface area contributed by atoms with Gasteiger partial charge in [0.1, 0.15) is 6.04 Å². The van der Waals surface area contributed by atoms with Crippen molar-refractivity contribution in [1.29, 1.82) is 0 Å². The number of benzene rings is 1. The van der Waals surface area contributed by atoms with Crippen LogP contribution in [0.5, 0.6) is 0 Å². The molecule has 1 amide bonds. The highest BCUT2D eigenvalue weighted by Crippen LogP contribution is 2.34. The van der Waals surface area contributed by atoms with Gasteiger partial charge in [-0.1, -0.05) is 23.7 Å². The lowest BCUT2D eigenvalue weighted by Gasteiger charge is -2.48. The van der Waals surface area contributed by atoms with Crippen LogP contribution in [0.2, 0.25) is 5.02 Å². The molecule has 1 aliphatic heterocycles. The summed E-state index contributed by atoms with van der Waals surface area (Å²) in [4.78, 5) is 14.0. The number of nitrogens with two attached hydrogens (primary N) is 1. The highest BCUT2D eigenvalue weighted by atomic mass is 35.5. The second kappa shape index (κ2) is 4.78. The van der Waals surface area contributed by atoms with E-state index in [1.165, 1.54) is 0 Å². The van der Waals surface area contributed by atoms with E-state index in [0.29, 0.717) is 11.6 Å². The van der Waals surface area contributed by atoms with Gasteiger partial charge in [0.05, 0.1) is 16.2 Å². The number of anilines is 1. The zero-order valence-electron chi connectivity index (χ0n) is 10.6. The van der Waals surface area contributed by atoms with E-state index < -0.39 is 0 Å². The molecule has 1 heterocycles. The molecule has 1 aromatic rings. The summed E-state index contributed by atoms with van der Waals surface area (Å²) in [5.41, 5.74) is 6.38. The van der Waals surface area contributed by atoms with E-state index in [0.717, 1.165) is 5.69 Å². The predicted molar refractivity (Wildman–Crippen MR) is 73.9 cm³/mol. The van der Waals surface area contributed by atoms with Crippen molar-refractivity contribution in [1.82, 2.24) is 5.32 Å². The largest absolute Gasteiger partial charge is 0.352 e. The Kier molecular flexibility index (Phi) is 3.50. The molecule has 0 radical (unpaired) electrons. The van der Waals surface area contributed by atoms with Crippen molar-refractivity contribution in [2.45, 2.75) is 25.4 Å². The van der Waals surface area contributed by atoms with Gasteiger partial charge in [0.2, 0.25) is 5.91 Å². The molecule has 3 N–H and O–H groups in total. The third-order valence-electron chi connectivity index (χ3n) is 3.30. The van der Waals surface area contributed by atoms with Gasteiger partial charge >= 0.3 is 0 Å². The monoisotopic (exact) mass is 267 g/mol. The average Bonchev–Trinajstić information content (AvgIpc) is 2.33. The van der Waals surface area contributed by atoms with E-state index in [4.69, 9.17) is 17.3 Å². The van der Waals surface area contributed by atoms with Gasteiger partial charge in [-0.3, -0.25) is 4.79 Å². The Hall–Kier alpha value is -1.26. The molecule has 0 spiro atoms. The highest BCUT2D eigenvalue weighted by molar-refractivity contribution is 6.33. The molecular weight excluding hydrogens is 250 g/mol. The van der Waals surface area contributed by atoms with Gasteiger partial charge in [0.15, 0.2) is 0 Å². The maximum absolute atomic E-state index is 11.9. The van der Waals surface area contributed by atoms with Crippen LogP contribution in [0.3, 0.4) is 0 Å². The fourth-order valence-electron chi connectivity index (χ4n) is 2.40. The van der Waals surface area contributed by atoms with Gasteiger partial charge in [0.25, 0.3) is 0 Å². The van der Waals surface area contributed by atoms with Crippen molar-refractivity contribution in [3.63, 3.8) is 0 Å². The van der Waals surface area contributed by atoms with Crippen LogP contribution in [0.4, 0.5) is 5.69 Å². The van der Waals surface area contributed by atoms with Gasteiger partial charge < -0.3 is 16.0 Å². The van der Waals surface area contributed by atoms with Gasteiger partial charge in [-0.25, -0.2) is 0 Å². The number of carbonyl (C=O) groups excluding carboxylic acids is 1. The normalized spacial score (nSPS) is 22.8.